The van der Waals surface area contributed by atoms with Crippen molar-refractivity contribution in [1.29, 1.82) is 0 Å². The molecule has 26 heavy (non-hydrogen) atoms. The summed E-state index contributed by atoms with van der Waals surface area (Å²) in [5.74, 6) is -1.19. The molecule has 1 amide bonds. The lowest BCUT2D eigenvalue weighted by molar-refractivity contribution is -0.117. The van der Waals surface area contributed by atoms with E-state index in [4.69, 9.17) is 23.2 Å². The van der Waals surface area contributed by atoms with Crippen LogP contribution in [-0.2, 0) is 14.8 Å². The van der Waals surface area contributed by atoms with E-state index in [0.29, 0.717) is 5.02 Å². The molecule has 2 aromatic rings. The third kappa shape index (κ3) is 4.87. The first-order valence-electron chi connectivity index (χ1n) is 7.64. The molecule has 0 aliphatic rings. The average Bonchev–Trinajstić information content (AvgIpc) is 2.54. The second-order valence-electron chi connectivity index (χ2n) is 5.58. The van der Waals surface area contributed by atoms with Crippen LogP contribution in [0.1, 0.15) is 13.3 Å². The largest absolute Gasteiger partial charge is 0.324 e. The summed E-state index contributed by atoms with van der Waals surface area (Å²) in [6.07, 6.45) is 1.22. The molecular weight excluding hydrogens is 402 g/mol. The van der Waals surface area contributed by atoms with Crippen molar-refractivity contribution < 1.29 is 17.6 Å². The zero-order chi connectivity index (χ0) is 19.5. The number of carbonyl (C=O) groups is 1. The molecule has 1 N–H and O–H groups in total. The van der Waals surface area contributed by atoms with Crippen LogP contribution in [0.3, 0.4) is 0 Å². The molecule has 1 atom stereocenters. The van der Waals surface area contributed by atoms with Crippen molar-refractivity contribution >= 4 is 50.5 Å². The summed E-state index contributed by atoms with van der Waals surface area (Å²) in [6.45, 7) is 1.69. The minimum Gasteiger partial charge on any atom is -0.324 e. The van der Waals surface area contributed by atoms with Gasteiger partial charge >= 0.3 is 0 Å². The molecule has 0 bridgehead atoms. The molecule has 9 heteroatoms. The summed E-state index contributed by atoms with van der Waals surface area (Å²) in [7, 11) is -3.77. The highest BCUT2D eigenvalue weighted by molar-refractivity contribution is 7.92. The molecule has 0 aromatic heterocycles. The maximum Gasteiger partial charge on any atom is 0.248 e. The molecule has 140 valence electrons. The molecule has 0 radical (unpaired) electrons. The quantitative estimate of drug-likeness (QED) is 0.759. The summed E-state index contributed by atoms with van der Waals surface area (Å²) < 4.78 is 38.9. The van der Waals surface area contributed by atoms with Crippen LogP contribution in [-0.4, -0.2) is 26.6 Å². The maximum atomic E-state index is 13.3. The number of nitrogens with one attached hydrogen (secondary N) is 1. The van der Waals surface area contributed by atoms with Crippen molar-refractivity contribution in [1.82, 2.24) is 0 Å². The van der Waals surface area contributed by atoms with Crippen LogP contribution in [0.2, 0.25) is 10.0 Å². The molecule has 1 unspecified atom stereocenters. The molecule has 2 aromatic carbocycles. The van der Waals surface area contributed by atoms with Gasteiger partial charge in [-0.1, -0.05) is 36.2 Å². The van der Waals surface area contributed by atoms with Gasteiger partial charge in [0.05, 0.1) is 17.0 Å². The Morgan fingerprint density at radius 3 is 2.46 bits per heavy atom. The Morgan fingerprint density at radius 2 is 1.92 bits per heavy atom. The van der Waals surface area contributed by atoms with Crippen LogP contribution >= 0.6 is 23.2 Å². The smallest absolute Gasteiger partial charge is 0.248 e. The van der Waals surface area contributed by atoms with E-state index in [2.05, 4.69) is 5.32 Å². The first-order valence-corrected chi connectivity index (χ1v) is 10.2. The number of hydrogen-bond donors (Lipinski definition) is 1. The second-order valence-corrected chi connectivity index (χ2v) is 8.28. The lowest BCUT2D eigenvalue weighted by Gasteiger charge is -2.30. The molecule has 0 aliphatic carbocycles. The normalized spacial score (nSPS) is 12.5. The van der Waals surface area contributed by atoms with Crippen molar-refractivity contribution in [3.05, 3.63) is 58.3 Å². The van der Waals surface area contributed by atoms with Crippen molar-refractivity contribution in [2.75, 3.05) is 15.9 Å². The Balaban J connectivity index is 2.38. The number of halogens is 3. The molecule has 0 spiro atoms. The van der Waals surface area contributed by atoms with Crippen molar-refractivity contribution in [2.24, 2.45) is 0 Å². The van der Waals surface area contributed by atoms with Gasteiger partial charge in [-0.3, -0.25) is 9.10 Å². The summed E-state index contributed by atoms with van der Waals surface area (Å²) in [5.41, 5.74) is 0.540. The van der Waals surface area contributed by atoms with Crippen molar-refractivity contribution in [3.63, 3.8) is 0 Å². The summed E-state index contributed by atoms with van der Waals surface area (Å²) in [4.78, 5) is 12.7. The molecule has 0 saturated heterocycles. The van der Waals surface area contributed by atoms with E-state index in [1.807, 2.05) is 0 Å². The van der Waals surface area contributed by atoms with Gasteiger partial charge < -0.3 is 5.32 Å². The third-order valence-electron chi connectivity index (χ3n) is 3.58. The fourth-order valence-electron chi connectivity index (χ4n) is 2.47. The van der Waals surface area contributed by atoms with Crippen molar-refractivity contribution in [3.8, 4) is 0 Å². The van der Waals surface area contributed by atoms with E-state index < -0.39 is 27.8 Å². The SMILES string of the molecule is CCC(C(=O)Nc1ccc(F)c(Cl)c1)N(c1cccc(Cl)c1)S(C)(=O)=O. The van der Waals surface area contributed by atoms with Gasteiger partial charge in [-0.2, -0.15) is 0 Å². The van der Waals surface area contributed by atoms with E-state index in [0.717, 1.165) is 16.6 Å². The van der Waals surface area contributed by atoms with Gasteiger partial charge in [-0.05, 0) is 42.8 Å². The highest BCUT2D eigenvalue weighted by Crippen LogP contribution is 2.26. The Labute approximate surface area is 161 Å². The fraction of sp³-hybridized carbons (Fsp3) is 0.235. The second kappa shape index (κ2) is 8.24. The first kappa shape index (κ1) is 20.5. The van der Waals surface area contributed by atoms with E-state index in [9.17, 15) is 17.6 Å². The monoisotopic (exact) mass is 418 g/mol. The number of rotatable bonds is 6. The minimum absolute atomic E-state index is 0.148. The Morgan fingerprint density at radius 1 is 1.23 bits per heavy atom. The standard InChI is InChI=1S/C17H17Cl2FN2O3S/c1-3-16(17(23)21-12-7-8-15(20)14(19)10-12)22(26(2,24)25)13-6-4-5-11(18)9-13/h4-10,16H,3H2,1-2H3,(H,21,23). The van der Waals surface area contributed by atoms with Gasteiger partial charge in [0, 0.05) is 10.7 Å². The number of benzene rings is 2. The highest BCUT2D eigenvalue weighted by Gasteiger charge is 2.31. The lowest BCUT2D eigenvalue weighted by Crippen LogP contribution is -2.47. The van der Waals surface area contributed by atoms with E-state index in [1.54, 1.807) is 25.1 Å². The number of nitrogens with zero attached hydrogens (tertiary/aromatic N) is 1. The number of sulfonamides is 1. The maximum absolute atomic E-state index is 13.3. The van der Waals surface area contributed by atoms with Crippen LogP contribution in [0.4, 0.5) is 15.8 Å². The van der Waals surface area contributed by atoms with E-state index >= 15 is 0 Å². The highest BCUT2D eigenvalue weighted by atomic mass is 35.5. The molecule has 2 rings (SSSR count). The van der Waals surface area contributed by atoms with E-state index in [1.165, 1.54) is 18.2 Å². The van der Waals surface area contributed by atoms with Crippen LogP contribution in [0.5, 0.6) is 0 Å². The lowest BCUT2D eigenvalue weighted by atomic mass is 10.2. The molecule has 0 saturated carbocycles. The number of carbonyl (C=O) groups excluding carboxylic acids is 1. The number of hydrogen-bond acceptors (Lipinski definition) is 3. The average molecular weight is 419 g/mol. The predicted octanol–water partition coefficient (Wildman–Crippen LogP) is 4.32. The molecule has 0 fully saturated rings. The van der Waals surface area contributed by atoms with E-state index in [-0.39, 0.29) is 22.8 Å². The molecule has 0 heterocycles. The topological polar surface area (TPSA) is 66.5 Å². The van der Waals surface area contributed by atoms with Crippen molar-refractivity contribution in [2.45, 2.75) is 19.4 Å². The van der Waals surface area contributed by atoms with Crippen LogP contribution in [0, 0.1) is 5.82 Å². The predicted molar refractivity (Wildman–Crippen MR) is 103 cm³/mol. The summed E-state index contributed by atoms with van der Waals surface area (Å²) >= 11 is 11.7. The van der Waals surface area contributed by atoms with Crippen LogP contribution in [0.25, 0.3) is 0 Å². The Bertz CT molecular complexity index is 922. The molecule has 0 aliphatic heterocycles. The van der Waals surface area contributed by atoms with Crippen LogP contribution in [0.15, 0.2) is 42.5 Å². The van der Waals surface area contributed by atoms with Crippen LogP contribution < -0.4 is 9.62 Å². The van der Waals surface area contributed by atoms with Gasteiger partial charge in [0.2, 0.25) is 15.9 Å². The zero-order valence-electron chi connectivity index (χ0n) is 14.0. The van der Waals surface area contributed by atoms with Gasteiger partial charge in [-0.25, -0.2) is 12.8 Å². The third-order valence-corrected chi connectivity index (χ3v) is 5.28. The van der Waals surface area contributed by atoms with Gasteiger partial charge in [-0.15, -0.1) is 0 Å². The van der Waals surface area contributed by atoms with Gasteiger partial charge in [0.25, 0.3) is 0 Å². The molecule has 5 nitrogen and oxygen atoms in total. The zero-order valence-corrected chi connectivity index (χ0v) is 16.4. The first-order chi connectivity index (χ1) is 12.1. The number of anilines is 2. The fourth-order valence-corrected chi connectivity index (χ4v) is 4.04. The Kier molecular flexibility index (Phi) is 6.49. The summed E-state index contributed by atoms with van der Waals surface area (Å²) in [6, 6.07) is 8.91. The number of amides is 1. The minimum atomic E-state index is -3.77. The van der Waals surface area contributed by atoms with Gasteiger partial charge in [0.15, 0.2) is 0 Å². The summed E-state index contributed by atoms with van der Waals surface area (Å²) in [5, 5.41) is 2.77. The Hall–Kier alpha value is -1.83. The van der Waals surface area contributed by atoms with Gasteiger partial charge in [0.1, 0.15) is 11.9 Å². The molecular formula is C17H17Cl2FN2O3S.